The number of carbonyl (C=O) groups excluding carboxylic acids is 1. The van der Waals surface area contributed by atoms with E-state index < -0.39 is 28.9 Å². The van der Waals surface area contributed by atoms with E-state index in [0.717, 1.165) is 18.3 Å². The van der Waals surface area contributed by atoms with Crippen molar-refractivity contribution in [2.24, 2.45) is 5.92 Å². The highest BCUT2D eigenvalue weighted by Crippen LogP contribution is 2.31. The van der Waals surface area contributed by atoms with Crippen LogP contribution < -0.4 is 5.32 Å². The first-order chi connectivity index (χ1) is 9.59. The number of halogens is 3. The second kappa shape index (κ2) is 6.43. The van der Waals surface area contributed by atoms with Crippen molar-refractivity contribution in [3.05, 3.63) is 29.6 Å². The Morgan fingerprint density at radius 2 is 2.10 bits per heavy atom. The van der Waals surface area contributed by atoms with Crippen LogP contribution in [-0.2, 0) is 6.18 Å². The Kier molecular flexibility index (Phi) is 5.33. The molecule has 4 nitrogen and oxygen atoms in total. The molecule has 21 heavy (non-hydrogen) atoms. The number of aliphatic hydroxyl groups is 1. The quantitative estimate of drug-likeness (QED) is 0.879. The summed E-state index contributed by atoms with van der Waals surface area (Å²) in [6.07, 6.45) is -2.85. The van der Waals surface area contributed by atoms with E-state index in [9.17, 15) is 23.1 Å². The van der Waals surface area contributed by atoms with Crippen molar-refractivity contribution in [1.82, 2.24) is 10.3 Å². The Morgan fingerprint density at radius 1 is 1.48 bits per heavy atom. The van der Waals surface area contributed by atoms with Gasteiger partial charge in [-0.15, -0.1) is 0 Å². The molecule has 0 aliphatic heterocycles. The number of aromatic nitrogens is 1. The maximum atomic E-state index is 12.8. The van der Waals surface area contributed by atoms with E-state index in [-0.39, 0.29) is 12.5 Å². The zero-order valence-corrected chi connectivity index (χ0v) is 12.2. The lowest BCUT2D eigenvalue weighted by molar-refractivity contribution is -0.138. The molecule has 7 heteroatoms. The molecule has 2 atom stereocenters. The first kappa shape index (κ1) is 17.4. The van der Waals surface area contributed by atoms with E-state index in [1.807, 2.05) is 6.92 Å². The lowest BCUT2D eigenvalue weighted by atomic mass is 9.88. The molecule has 2 unspecified atom stereocenters. The molecule has 1 aromatic heterocycles. The Bertz CT molecular complexity index is 501. The van der Waals surface area contributed by atoms with Gasteiger partial charge in [-0.25, -0.2) is 0 Å². The third kappa shape index (κ3) is 4.42. The summed E-state index contributed by atoms with van der Waals surface area (Å²) in [6, 6.07) is 1.92. The first-order valence-corrected chi connectivity index (χ1v) is 6.62. The molecule has 1 aromatic rings. The molecule has 0 aliphatic carbocycles. The molecule has 0 fully saturated rings. The molecule has 0 radical (unpaired) electrons. The molecule has 0 saturated carbocycles. The molecule has 1 rings (SSSR count). The zero-order valence-electron chi connectivity index (χ0n) is 12.2. The number of pyridine rings is 1. The van der Waals surface area contributed by atoms with Gasteiger partial charge in [0.15, 0.2) is 0 Å². The Labute approximate surface area is 121 Å². The molecule has 0 saturated heterocycles. The highest BCUT2D eigenvalue weighted by molar-refractivity contribution is 5.93. The highest BCUT2D eigenvalue weighted by atomic mass is 19.4. The number of carbonyl (C=O) groups is 1. The minimum Gasteiger partial charge on any atom is -0.388 e. The second-order valence-electron chi connectivity index (χ2n) is 5.25. The number of rotatable bonds is 5. The van der Waals surface area contributed by atoms with E-state index in [2.05, 4.69) is 10.3 Å². The van der Waals surface area contributed by atoms with Crippen molar-refractivity contribution in [3.63, 3.8) is 0 Å². The molecule has 1 heterocycles. The van der Waals surface area contributed by atoms with Crippen LogP contribution >= 0.6 is 0 Å². The summed E-state index contributed by atoms with van der Waals surface area (Å²) in [6.45, 7) is 5.06. The van der Waals surface area contributed by atoms with E-state index in [0.29, 0.717) is 6.42 Å². The summed E-state index contributed by atoms with van der Waals surface area (Å²) < 4.78 is 38.4. The number of nitrogens with one attached hydrogen (secondary N) is 1. The third-order valence-corrected chi connectivity index (χ3v) is 3.61. The van der Waals surface area contributed by atoms with Gasteiger partial charge in [0.2, 0.25) is 0 Å². The van der Waals surface area contributed by atoms with Crippen molar-refractivity contribution in [3.8, 4) is 0 Å². The fourth-order valence-corrected chi connectivity index (χ4v) is 1.77. The van der Waals surface area contributed by atoms with Crippen LogP contribution in [-0.4, -0.2) is 28.1 Å². The predicted molar refractivity (Wildman–Crippen MR) is 71.7 cm³/mol. The summed E-state index contributed by atoms with van der Waals surface area (Å²) in [4.78, 5) is 15.4. The second-order valence-corrected chi connectivity index (χ2v) is 5.25. The number of nitrogens with zero attached hydrogens (tertiary/aromatic N) is 1. The maximum Gasteiger partial charge on any atom is 0.418 e. The van der Waals surface area contributed by atoms with Gasteiger partial charge in [0, 0.05) is 12.7 Å². The average molecular weight is 304 g/mol. The summed E-state index contributed by atoms with van der Waals surface area (Å²) >= 11 is 0. The van der Waals surface area contributed by atoms with Gasteiger partial charge in [-0.05, 0) is 25.0 Å². The third-order valence-electron chi connectivity index (χ3n) is 3.61. The topological polar surface area (TPSA) is 62.2 Å². The number of amides is 1. The van der Waals surface area contributed by atoms with Gasteiger partial charge in [-0.1, -0.05) is 20.3 Å². The summed E-state index contributed by atoms with van der Waals surface area (Å²) in [5, 5.41) is 12.5. The zero-order chi connectivity index (χ0) is 16.3. The smallest absolute Gasteiger partial charge is 0.388 e. The number of hydrogen-bond acceptors (Lipinski definition) is 3. The van der Waals surface area contributed by atoms with E-state index in [1.54, 1.807) is 6.92 Å². The standard InChI is InChI=1S/C14H19F3N2O2/c1-4-9(2)13(3,21)8-19-12(20)11-10(14(15,16)17)6-5-7-18-11/h5-7,9,21H,4,8H2,1-3H3,(H,19,20). The van der Waals surface area contributed by atoms with Gasteiger partial charge < -0.3 is 10.4 Å². The van der Waals surface area contributed by atoms with Crippen LogP contribution in [0.25, 0.3) is 0 Å². The molecular weight excluding hydrogens is 285 g/mol. The monoisotopic (exact) mass is 304 g/mol. The molecule has 118 valence electrons. The highest BCUT2D eigenvalue weighted by Gasteiger charge is 2.36. The van der Waals surface area contributed by atoms with Crippen LogP contribution in [0.15, 0.2) is 18.3 Å². The van der Waals surface area contributed by atoms with Crippen molar-refractivity contribution in [1.29, 1.82) is 0 Å². The maximum absolute atomic E-state index is 12.8. The average Bonchev–Trinajstić information content (AvgIpc) is 2.43. The number of alkyl halides is 3. The minimum absolute atomic E-state index is 0.108. The van der Waals surface area contributed by atoms with Crippen molar-refractivity contribution in [2.45, 2.75) is 39.0 Å². The Balaban J connectivity index is 2.87. The molecule has 0 spiro atoms. The van der Waals surface area contributed by atoms with E-state index in [4.69, 9.17) is 0 Å². The van der Waals surface area contributed by atoms with Gasteiger partial charge in [-0.2, -0.15) is 13.2 Å². The summed E-state index contributed by atoms with van der Waals surface area (Å²) in [7, 11) is 0. The lowest BCUT2D eigenvalue weighted by Crippen LogP contribution is -2.45. The van der Waals surface area contributed by atoms with Crippen molar-refractivity contribution < 1.29 is 23.1 Å². The first-order valence-electron chi connectivity index (χ1n) is 6.62. The van der Waals surface area contributed by atoms with Crippen LogP contribution in [0.5, 0.6) is 0 Å². The fourth-order valence-electron chi connectivity index (χ4n) is 1.77. The van der Waals surface area contributed by atoms with Crippen molar-refractivity contribution >= 4 is 5.91 Å². The van der Waals surface area contributed by atoms with Gasteiger partial charge in [0.1, 0.15) is 5.69 Å². The van der Waals surface area contributed by atoms with E-state index >= 15 is 0 Å². The van der Waals surface area contributed by atoms with Crippen LogP contribution in [0.3, 0.4) is 0 Å². The normalized spacial score (nSPS) is 16.1. The predicted octanol–water partition coefficient (Wildman–Crippen LogP) is 2.63. The van der Waals surface area contributed by atoms with Crippen LogP contribution in [0.4, 0.5) is 13.2 Å². The molecule has 0 aromatic carbocycles. The lowest BCUT2D eigenvalue weighted by Gasteiger charge is -2.29. The molecule has 0 bridgehead atoms. The molecule has 1 amide bonds. The van der Waals surface area contributed by atoms with Gasteiger partial charge >= 0.3 is 6.18 Å². The van der Waals surface area contributed by atoms with Crippen molar-refractivity contribution in [2.75, 3.05) is 6.54 Å². The van der Waals surface area contributed by atoms with Crippen LogP contribution in [0.2, 0.25) is 0 Å². The summed E-state index contributed by atoms with van der Waals surface area (Å²) in [5.41, 5.74) is -2.98. The Morgan fingerprint density at radius 3 is 2.62 bits per heavy atom. The van der Waals surface area contributed by atoms with Gasteiger partial charge in [0.25, 0.3) is 5.91 Å². The van der Waals surface area contributed by atoms with Crippen LogP contribution in [0, 0.1) is 5.92 Å². The van der Waals surface area contributed by atoms with E-state index in [1.165, 1.54) is 6.92 Å². The summed E-state index contributed by atoms with van der Waals surface area (Å²) in [5.74, 6) is -1.06. The van der Waals surface area contributed by atoms with Crippen LogP contribution in [0.1, 0.15) is 43.2 Å². The van der Waals surface area contributed by atoms with Gasteiger partial charge in [0.05, 0.1) is 11.2 Å². The van der Waals surface area contributed by atoms with Gasteiger partial charge in [-0.3, -0.25) is 9.78 Å². The molecular formula is C14H19F3N2O2. The number of hydrogen-bond donors (Lipinski definition) is 2. The fraction of sp³-hybridized carbons (Fsp3) is 0.571. The minimum atomic E-state index is -4.65. The SMILES string of the molecule is CCC(C)C(C)(O)CNC(=O)c1ncccc1C(F)(F)F. The largest absolute Gasteiger partial charge is 0.418 e. The Hall–Kier alpha value is -1.63. The molecule has 0 aliphatic rings. The molecule has 2 N–H and O–H groups in total.